The van der Waals surface area contributed by atoms with Gasteiger partial charge in [0.25, 0.3) is 5.91 Å². The van der Waals surface area contributed by atoms with Crippen molar-refractivity contribution in [1.29, 1.82) is 0 Å². The van der Waals surface area contributed by atoms with Crippen molar-refractivity contribution in [1.82, 2.24) is 5.32 Å². The molecule has 1 amide bonds. The van der Waals surface area contributed by atoms with Crippen molar-refractivity contribution in [2.75, 3.05) is 13.7 Å². The Labute approximate surface area is 140 Å². The molecule has 2 aromatic rings. The van der Waals surface area contributed by atoms with Gasteiger partial charge in [-0.25, -0.2) is 0 Å². The Morgan fingerprint density at radius 2 is 2.00 bits per heavy atom. The summed E-state index contributed by atoms with van der Waals surface area (Å²) in [5.41, 5.74) is 1.33. The van der Waals surface area contributed by atoms with Gasteiger partial charge in [-0.2, -0.15) is 0 Å². The predicted molar refractivity (Wildman–Crippen MR) is 91.3 cm³/mol. The lowest BCUT2D eigenvalue weighted by molar-refractivity contribution is 0.0958. The van der Waals surface area contributed by atoms with Gasteiger partial charge < -0.3 is 14.8 Å². The van der Waals surface area contributed by atoms with Crippen LogP contribution in [0, 0.1) is 0 Å². The fourth-order valence-electron chi connectivity index (χ4n) is 1.99. The zero-order valence-electron chi connectivity index (χ0n) is 12.8. The number of nitrogens with one attached hydrogen (secondary N) is 1. The minimum absolute atomic E-state index is 0.166. The second-order valence-corrected chi connectivity index (χ2v) is 5.20. The van der Waals surface area contributed by atoms with E-state index in [0.29, 0.717) is 28.6 Å². The van der Waals surface area contributed by atoms with Crippen molar-refractivity contribution >= 4 is 17.5 Å². The summed E-state index contributed by atoms with van der Waals surface area (Å²) >= 11 is 5.85. The summed E-state index contributed by atoms with van der Waals surface area (Å²) in [6, 6.07) is 12.3. The highest BCUT2D eigenvalue weighted by Crippen LogP contribution is 2.23. The predicted octanol–water partition coefficient (Wildman–Crippen LogP) is 3.84. The summed E-state index contributed by atoms with van der Waals surface area (Å²) in [7, 11) is 1.58. The first-order chi connectivity index (χ1) is 11.1. The molecule has 0 heterocycles. The largest absolute Gasteiger partial charge is 0.496 e. The average molecular weight is 332 g/mol. The minimum Gasteiger partial charge on any atom is -0.496 e. The molecule has 23 heavy (non-hydrogen) atoms. The van der Waals surface area contributed by atoms with Crippen molar-refractivity contribution in [2.45, 2.75) is 6.61 Å². The molecule has 0 aliphatic carbocycles. The Kier molecular flexibility index (Phi) is 6.06. The van der Waals surface area contributed by atoms with E-state index in [4.69, 9.17) is 21.1 Å². The number of carbonyl (C=O) groups is 1. The van der Waals surface area contributed by atoms with Gasteiger partial charge in [0.2, 0.25) is 0 Å². The summed E-state index contributed by atoms with van der Waals surface area (Å²) in [4.78, 5) is 12.0. The molecule has 0 aliphatic rings. The van der Waals surface area contributed by atoms with Crippen molar-refractivity contribution < 1.29 is 14.3 Å². The molecule has 0 saturated carbocycles. The van der Waals surface area contributed by atoms with Crippen LogP contribution in [0.25, 0.3) is 0 Å². The molecule has 2 aromatic carbocycles. The molecule has 0 fully saturated rings. The maximum absolute atomic E-state index is 12.0. The molecule has 4 nitrogen and oxygen atoms in total. The highest BCUT2D eigenvalue weighted by molar-refractivity contribution is 6.30. The topological polar surface area (TPSA) is 47.6 Å². The fraction of sp³-hybridized carbons (Fsp3) is 0.167. The number of amides is 1. The lowest BCUT2D eigenvalue weighted by Crippen LogP contribution is -2.23. The Hall–Kier alpha value is -2.46. The van der Waals surface area contributed by atoms with Crippen LogP contribution in [0.4, 0.5) is 0 Å². The van der Waals surface area contributed by atoms with Crippen LogP contribution in [-0.4, -0.2) is 19.6 Å². The quantitative estimate of drug-likeness (QED) is 0.784. The third kappa shape index (κ3) is 4.76. The highest BCUT2D eigenvalue weighted by atomic mass is 35.5. The van der Waals surface area contributed by atoms with E-state index in [0.717, 1.165) is 5.56 Å². The molecule has 0 radical (unpaired) electrons. The summed E-state index contributed by atoms with van der Waals surface area (Å²) in [5.74, 6) is 1.19. The van der Waals surface area contributed by atoms with Crippen LogP contribution in [0.3, 0.4) is 0 Å². The molecule has 2 rings (SSSR count). The van der Waals surface area contributed by atoms with E-state index >= 15 is 0 Å². The minimum atomic E-state index is -0.166. The van der Waals surface area contributed by atoms with Crippen molar-refractivity contribution in [3.05, 3.63) is 71.3 Å². The van der Waals surface area contributed by atoms with Crippen LogP contribution in [0.15, 0.2) is 55.1 Å². The molecule has 0 unspecified atom stereocenters. The zero-order valence-corrected chi connectivity index (χ0v) is 13.6. The van der Waals surface area contributed by atoms with Crippen molar-refractivity contribution in [3.63, 3.8) is 0 Å². The van der Waals surface area contributed by atoms with Crippen LogP contribution in [0.5, 0.6) is 11.5 Å². The smallest absolute Gasteiger partial charge is 0.251 e. The lowest BCUT2D eigenvalue weighted by atomic mass is 10.1. The number of halogens is 1. The molecular formula is C18H18ClNO3. The maximum Gasteiger partial charge on any atom is 0.251 e. The van der Waals surface area contributed by atoms with Crippen molar-refractivity contribution in [2.24, 2.45) is 0 Å². The third-order valence-corrected chi connectivity index (χ3v) is 3.41. The lowest BCUT2D eigenvalue weighted by Gasteiger charge is -2.12. The van der Waals surface area contributed by atoms with Gasteiger partial charge in [0.1, 0.15) is 18.1 Å². The molecule has 0 aromatic heterocycles. The first-order valence-electron chi connectivity index (χ1n) is 7.08. The van der Waals surface area contributed by atoms with E-state index in [1.54, 1.807) is 55.7 Å². The van der Waals surface area contributed by atoms with Gasteiger partial charge in [-0.15, -0.1) is 6.58 Å². The molecule has 1 N–H and O–H groups in total. The van der Waals surface area contributed by atoms with Gasteiger partial charge in [0.05, 0.1) is 7.11 Å². The molecule has 0 saturated heterocycles. The molecule has 0 bridgehead atoms. The second-order valence-electron chi connectivity index (χ2n) is 4.77. The first-order valence-corrected chi connectivity index (χ1v) is 7.46. The molecule has 0 atom stereocenters. The summed E-state index contributed by atoms with van der Waals surface area (Å²) in [6.45, 7) is 4.28. The van der Waals surface area contributed by atoms with Crippen LogP contribution in [0.2, 0.25) is 5.02 Å². The standard InChI is InChI=1S/C18H18ClNO3/c1-3-10-20-18(21)13-4-9-17(22-2)14(11-13)12-23-16-7-5-15(19)6-8-16/h3-9,11H,1,10,12H2,2H3,(H,20,21). The van der Waals surface area contributed by atoms with Crippen LogP contribution >= 0.6 is 11.6 Å². The SMILES string of the molecule is C=CCNC(=O)c1ccc(OC)c(COc2ccc(Cl)cc2)c1. The highest BCUT2D eigenvalue weighted by Gasteiger charge is 2.10. The van der Waals surface area contributed by atoms with E-state index in [1.165, 1.54) is 0 Å². The first kappa shape index (κ1) is 16.9. The Balaban J connectivity index is 2.13. The second kappa shape index (κ2) is 8.25. The Morgan fingerprint density at radius 1 is 1.26 bits per heavy atom. The number of hydrogen-bond donors (Lipinski definition) is 1. The molecule has 5 heteroatoms. The molecular weight excluding hydrogens is 314 g/mol. The van der Waals surface area contributed by atoms with Gasteiger partial charge in [0.15, 0.2) is 0 Å². The number of hydrogen-bond acceptors (Lipinski definition) is 3. The van der Waals surface area contributed by atoms with E-state index < -0.39 is 0 Å². The van der Waals surface area contributed by atoms with Gasteiger partial charge in [-0.1, -0.05) is 17.7 Å². The van der Waals surface area contributed by atoms with Crippen LogP contribution < -0.4 is 14.8 Å². The fourth-order valence-corrected chi connectivity index (χ4v) is 2.12. The van der Waals surface area contributed by atoms with Crippen LogP contribution in [-0.2, 0) is 6.61 Å². The maximum atomic E-state index is 12.0. The number of ether oxygens (including phenoxy) is 2. The van der Waals surface area contributed by atoms with Crippen LogP contribution in [0.1, 0.15) is 15.9 Å². The average Bonchev–Trinajstić information content (AvgIpc) is 2.58. The Morgan fingerprint density at radius 3 is 2.65 bits per heavy atom. The Bertz CT molecular complexity index is 683. The van der Waals surface area contributed by atoms with Gasteiger partial charge in [-0.05, 0) is 42.5 Å². The van der Waals surface area contributed by atoms with E-state index in [2.05, 4.69) is 11.9 Å². The summed E-state index contributed by atoms with van der Waals surface area (Å²) < 4.78 is 11.0. The van der Waals surface area contributed by atoms with Gasteiger partial charge in [0, 0.05) is 22.7 Å². The summed E-state index contributed by atoms with van der Waals surface area (Å²) in [6.07, 6.45) is 1.63. The number of benzene rings is 2. The molecule has 120 valence electrons. The van der Waals surface area contributed by atoms with Gasteiger partial charge in [-0.3, -0.25) is 4.79 Å². The van der Waals surface area contributed by atoms with E-state index in [1.807, 2.05) is 0 Å². The van der Waals surface area contributed by atoms with Crippen molar-refractivity contribution in [3.8, 4) is 11.5 Å². The summed E-state index contributed by atoms with van der Waals surface area (Å²) in [5, 5.41) is 3.39. The zero-order chi connectivity index (χ0) is 16.7. The molecule has 0 spiro atoms. The van der Waals surface area contributed by atoms with E-state index in [-0.39, 0.29) is 12.5 Å². The van der Waals surface area contributed by atoms with Gasteiger partial charge >= 0.3 is 0 Å². The third-order valence-electron chi connectivity index (χ3n) is 3.16. The monoisotopic (exact) mass is 331 g/mol. The number of rotatable bonds is 7. The normalized spacial score (nSPS) is 10.0. The number of carbonyl (C=O) groups excluding carboxylic acids is 1. The number of methoxy groups -OCH3 is 1. The molecule has 0 aliphatic heterocycles. The van der Waals surface area contributed by atoms with E-state index in [9.17, 15) is 4.79 Å².